The summed E-state index contributed by atoms with van der Waals surface area (Å²) in [6, 6.07) is 13.9. The molecule has 7 heteroatoms. The smallest absolute Gasteiger partial charge is 0.277 e. The van der Waals surface area contributed by atoms with Gasteiger partial charge in [-0.3, -0.25) is 4.79 Å². The van der Waals surface area contributed by atoms with Crippen LogP contribution in [0.3, 0.4) is 0 Å². The van der Waals surface area contributed by atoms with Crippen molar-refractivity contribution in [3.05, 3.63) is 65.0 Å². The summed E-state index contributed by atoms with van der Waals surface area (Å²) in [4.78, 5) is 12.5. The van der Waals surface area contributed by atoms with E-state index in [1.54, 1.807) is 0 Å². The van der Waals surface area contributed by atoms with Crippen LogP contribution >= 0.6 is 11.8 Å². The highest BCUT2D eigenvalue weighted by Crippen LogP contribution is 2.27. The van der Waals surface area contributed by atoms with E-state index in [9.17, 15) is 4.79 Å². The Kier molecular flexibility index (Phi) is 5.85. The number of carbonyl (C=O) groups is 1. The number of aromatic nitrogens is 2. The first-order valence-electron chi connectivity index (χ1n) is 9.68. The summed E-state index contributed by atoms with van der Waals surface area (Å²) in [6.07, 6.45) is 3.40. The second-order valence-corrected chi connectivity index (χ2v) is 8.45. The molecule has 0 aliphatic heterocycles. The fourth-order valence-electron chi connectivity index (χ4n) is 3.29. The summed E-state index contributed by atoms with van der Waals surface area (Å²) in [6.45, 7) is 4.01. The fourth-order valence-corrected chi connectivity index (χ4v) is 3.99. The van der Waals surface area contributed by atoms with Crippen LogP contribution in [0.4, 0.5) is 5.69 Å². The zero-order valence-electron chi connectivity index (χ0n) is 16.5. The minimum Gasteiger partial charge on any atom is -0.484 e. The molecule has 4 rings (SSSR count). The van der Waals surface area contributed by atoms with Crippen molar-refractivity contribution < 1.29 is 13.9 Å². The van der Waals surface area contributed by atoms with Crippen molar-refractivity contribution >= 4 is 23.4 Å². The lowest BCUT2D eigenvalue weighted by molar-refractivity contribution is -0.115. The molecular formula is C22H23N3O3S. The first-order chi connectivity index (χ1) is 14.1. The van der Waals surface area contributed by atoms with E-state index < -0.39 is 0 Å². The SMILES string of the molecule is Cc1cccc(OCc2nnc(S[C@@H](C)C(=O)Nc3ccc4c(c3)CCC4)o2)c1. The van der Waals surface area contributed by atoms with Crippen LogP contribution in [0.1, 0.15) is 35.9 Å². The zero-order chi connectivity index (χ0) is 20.2. The monoisotopic (exact) mass is 409 g/mol. The van der Waals surface area contributed by atoms with Gasteiger partial charge in [0.1, 0.15) is 5.75 Å². The molecule has 1 aliphatic carbocycles. The molecule has 0 fully saturated rings. The molecule has 0 radical (unpaired) electrons. The van der Waals surface area contributed by atoms with Gasteiger partial charge in [-0.15, -0.1) is 10.2 Å². The van der Waals surface area contributed by atoms with Gasteiger partial charge in [0.25, 0.3) is 11.1 Å². The average molecular weight is 410 g/mol. The number of carbonyl (C=O) groups excluding carboxylic acids is 1. The van der Waals surface area contributed by atoms with Crippen molar-refractivity contribution in [1.82, 2.24) is 10.2 Å². The minimum atomic E-state index is -0.366. The van der Waals surface area contributed by atoms with Crippen molar-refractivity contribution in [3.63, 3.8) is 0 Å². The lowest BCUT2D eigenvalue weighted by Gasteiger charge is -2.11. The third-order valence-electron chi connectivity index (χ3n) is 4.81. The average Bonchev–Trinajstić information content (AvgIpc) is 3.35. The van der Waals surface area contributed by atoms with E-state index in [-0.39, 0.29) is 17.8 Å². The second-order valence-electron chi connectivity index (χ2n) is 7.15. The second kappa shape index (κ2) is 8.69. The van der Waals surface area contributed by atoms with E-state index in [1.807, 2.05) is 44.2 Å². The maximum Gasteiger partial charge on any atom is 0.277 e. The molecule has 3 aromatic rings. The van der Waals surface area contributed by atoms with Crippen molar-refractivity contribution in [2.75, 3.05) is 5.32 Å². The molecule has 1 N–H and O–H groups in total. The van der Waals surface area contributed by atoms with Crippen LogP contribution in [0.5, 0.6) is 5.75 Å². The van der Waals surface area contributed by atoms with Gasteiger partial charge >= 0.3 is 0 Å². The Hall–Kier alpha value is -2.80. The first kappa shape index (κ1) is 19.5. The highest BCUT2D eigenvalue weighted by Gasteiger charge is 2.19. The highest BCUT2D eigenvalue weighted by molar-refractivity contribution is 8.00. The van der Waals surface area contributed by atoms with Crippen LogP contribution < -0.4 is 10.1 Å². The van der Waals surface area contributed by atoms with Gasteiger partial charge in [0, 0.05) is 5.69 Å². The van der Waals surface area contributed by atoms with Gasteiger partial charge in [-0.1, -0.05) is 30.0 Å². The molecule has 1 atom stereocenters. The van der Waals surface area contributed by atoms with E-state index in [2.05, 4.69) is 27.6 Å². The topological polar surface area (TPSA) is 77.2 Å². The van der Waals surface area contributed by atoms with E-state index in [1.165, 1.54) is 29.3 Å². The van der Waals surface area contributed by atoms with Crippen LogP contribution in [0, 0.1) is 6.92 Å². The number of thioether (sulfide) groups is 1. The van der Waals surface area contributed by atoms with Crippen LogP contribution in [-0.4, -0.2) is 21.4 Å². The normalized spacial score (nSPS) is 13.7. The quantitative estimate of drug-likeness (QED) is 0.576. The largest absolute Gasteiger partial charge is 0.484 e. The Balaban J connectivity index is 1.30. The molecule has 0 spiro atoms. The number of nitrogens with zero attached hydrogens (tertiary/aromatic N) is 2. The number of ether oxygens (including phenoxy) is 1. The third kappa shape index (κ3) is 4.98. The molecule has 6 nitrogen and oxygen atoms in total. The maximum atomic E-state index is 12.5. The molecule has 29 heavy (non-hydrogen) atoms. The minimum absolute atomic E-state index is 0.0938. The number of rotatable bonds is 7. The van der Waals surface area contributed by atoms with Gasteiger partial charge in [-0.25, -0.2) is 0 Å². The number of anilines is 1. The molecule has 0 unspecified atom stereocenters. The van der Waals surface area contributed by atoms with Crippen LogP contribution in [0.15, 0.2) is 52.1 Å². The summed E-state index contributed by atoms with van der Waals surface area (Å²) in [5.74, 6) is 1.03. The predicted molar refractivity (Wildman–Crippen MR) is 112 cm³/mol. The molecule has 1 heterocycles. The Bertz CT molecular complexity index is 1020. The maximum absolute atomic E-state index is 12.5. The highest BCUT2D eigenvalue weighted by atomic mass is 32.2. The molecule has 0 bridgehead atoms. The van der Waals surface area contributed by atoms with E-state index >= 15 is 0 Å². The lowest BCUT2D eigenvalue weighted by Crippen LogP contribution is -2.22. The number of amides is 1. The van der Waals surface area contributed by atoms with Crippen molar-refractivity contribution in [2.45, 2.75) is 50.2 Å². The summed E-state index contributed by atoms with van der Waals surface area (Å²) >= 11 is 1.23. The van der Waals surface area contributed by atoms with Crippen molar-refractivity contribution in [3.8, 4) is 5.75 Å². The number of benzene rings is 2. The number of nitrogens with one attached hydrogen (secondary N) is 1. The van der Waals surface area contributed by atoms with E-state index in [0.29, 0.717) is 11.1 Å². The first-order valence-corrected chi connectivity index (χ1v) is 10.6. The molecule has 1 aromatic heterocycles. The number of hydrogen-bond donors (Lipinski definition) is 1. The molecular weight excluding hydrogens is 386 g/mol. The van der Waals surface area contributed by atoms with Gasteiger partial charge in [-0.2, -0.15) is 0 Å². The molecule has 1 amide bonds. The molecule has 1 aliphatic rings. The van der Waals surface area contributed by atoms with Crippen LogP contribution in [0.25, 0.3) is 0 Å². The summed E-state index contributed by atoms with van der Waals surface area (Å²) in [5, 5.41) is 11.0. The number of fused-ring (bicyclic) bond motifs is 1. The fraction of sp³-hybridized carbons (Fsp3) is 0.318. The van der Waals surface area contributed by atoms with Crippen LogP contribution in [-0.2, 0) is 24.2 Å². The summed E-state index contributed by atoms with van der Waals surface area (Å²) in [7, 11) is 0. The van der Waals surface area contributed by atoms with E-state index in [4.69, 9.17) is 9.15 Å². The van der Waals surface area contributed by atoms with Gasteiger partial charge in [0.15, 0.2) is 6.61 Å². The van der Waals surface area contributed by atoms with Gasteiger partial charge in [-0.05, 0) is 74.1 Å². The molecule has 2 aromatic carbocycles. The molecule has 0 saturated carbocycles. The summed E-state index contributed by atoms with van der Waals surface area (Å²) < 4.78 is 11.3. The molecule has 150 valence electrons. The Morgan fingerprint density at radius 2 is 2.07 bits per heavy atom. The molecule has 0 saturated heterocycles. The number of hydrogen-bond acceptors (Lipinski definition) is 6. The Labute approximate surface area is 174 Å². The Morgan fingerprint density at radius 1 is 1.21 bits per heavy atom. The summed E-state index contributed by atoms with van der Waals surface area (Å²) in [5.41, 5.74) is 4.67. The predicted octanol–water partition coefficient (Wildman–Crippen LogP) is 4.57. The lowest BCUT2D eigenvalue weighted by atomic mass is 10.1. The van der Waals surface area contributed by atoms with Gasteiger partial charge in [0.2, 0.25) is 5.91 Å². The third-order valence-corrected chi connectivity index (χ3v) is 5.75. The van der Waals surface area contributed by atoms with Crippen molar-refractivity contribution in [2.24, 2.45) is 0 Å². The zero-order valence-corrected chi connectivity index (χ0v) is 17.3. The van der Waals surface area contributed by atoms with Gasteiger partial charge < -0.3 is 14.5 Å². The number of aryl methyl sites for hydroxylation is 3. The van der Waals surface area contributed by atoms with Crippen LogP contribution in [0.2, 0.25) is 0 Å². The standard InChI is InChI=1S/C22H23N3O3S/c1-14-5-3-8-19(11-14)27-13-20-24-25-22(28-20)29-15(2)21(26)23-18-10-9-16-6-4-7-17(16)12-18/h3,5,8-12,15H,4,6-7,13H2,1-2H3,(H,23,26)/t15-/m0/s1. The van der Waals surface area contributed by atoms with Gasteiger partial charge in [0.05, 0.1) is 5.25 Å². The Morgan fingerprint density at radius 3 is 2.93 bits per heavy atom. The van der Waals surface area contributed by atoms with Crippen molar-refractivity contribution in [1.29, 1.82) is 0 Å². The van der Waals surface area contributed by atoms with E-state index in [0.717, 1.165) is 29.8 Å².